The van der Waals surface area contributed by atoms with Gasteiger partial charge in [-0.2, -0.15) is 0 Å². The predicted octanol–water partition coefficient (Wildman–Crippen LogP) is 4.31. The van der Waals surface area contributed by atoms with Crippen molar-refractivity contribution in [3.8, 4) is 0 Å². The molecule has 5 heteroatoms. The summed E-state index contributed by atoms with van der Waals surface area (Å²) < 4.78 is 0. The highest BCUT2D eigenvalue weighted by Gasteiger charge is 2.35. The van der Waals surface area contributed by atoms with Crippen LogP contribution in [0.5, 0.6) is 0 Å². The molecule has 2 atom stereocenters. The molecule has 0 bridgehead atoms. The molecule has 0 aliphatic carbocycles. The summed E-state index contributed by atoms with van der Waals surface area (Å²) >= 11 is 5.93. The van der Waals surface area contributed by atoms with E-state index < -0.39 is 0 Å². The minimum Gasteiger partial charge on any atom is -0.357 e. The first-order chi connectivity index (χ1) is 13.2. The summed E-state index contributed by atoms with van der Waals surface area (Å²) in [6, 6.07) is 16.2. The van der Waals surface area contributed by atoms with Gasteiger partial charge in [-0.25, -0.2) is 0 Å². The Hall–Kier alpha value is -2.30. The molecule has 3 heterocycles. The van der Waals surface area contributed by atoms with Crippen molar-refractivity contribution in [1.29, 1.82) is 0 Å². The van der Waals surface area contributed by atoms with Gasteiger partial charge in [0.25, 0.3) is 5.91 Å². The number of piperidine rings is 1. The molecule has 0 unspecified atom stereocenters. The summed E-state index contributed by atoms with van der Waals surface area (Å²) in [6.07, 6.45) is 3.03. The van der Waals surface area contributed by atoms with E-state index in [1.807, 2.05) is 0 Å². The minimum atomic E-state index is -0.0159. The summed E-state index contributed by atoms with van der Waals surface area (Å²) in [5, 5.41) is 5.22. The van der Waals surface area contributed by atoms with Crippen molar-refractivity contribution < 1.29 is 4.79 Å². The van der Waals surface area contributed by atoms with Crippen molar-refractivity contribution in [2.75, 3.05) is 13.1 Å². The van der Waals surface area contributed by atoms with E-state index in [9.17, 15) is 4.79 Å². The molecule has 0 spiro atoms. The highest BCUT2D eigenvalue weighted by Crippen LogP contribution is 2.39. The van der Waals surface area contributed by atoms with Gasteiger partial charge in [0.2, 0.25) is 0 Å². The Labute approximate surface area is 163 Å². The largest absolute Gasteiger partial charge is 0.357 e. The minimum absolute atomic E-state index is 0.0159. The zero-order valence-corrected chi connectivity index (χ0v) is 15.8. The van der Waals surface area contributed by atoms with E-state index in [0.717, 1.165) is 32.4 Å². The molecule has 0 radical (unpaired) electrons. The third kappa shape index (κ3) is 3.03. The highest BCUT2D eigenvalue weighted by atomic mass is 35.5. The second-order valence-electron chi connectivity index (χ2n) is 7.57. The van der Waals surface area contributed by atoms with Crippen LogP contribution in [0.2, 0.25) is 5.02 Å². The summed E-state index contributed by atoms with van der Waals surface area (Å²) in [6.45, 7) is 2.11. The normalized spacial score (nSPS) is 22.3. The van der Waals surface area contributed by atoms with Crippen LogP contribution < -0.4 is 5.32 Å². The Morgan fingerprint density at radius 2 is 1.93 bits per heavy atom. The maximum Gasteiger partial charge on any atom is 0.251 e. The molecular formula is C22H22ClN3O. The molecule has 1 fully saturated rings. The van der Waals surface area contributed by atoms with Crippen LogP contribution in [0.3, 0.4) is 0 Å². The van der Waals surface area contributed by atoms with Crippen molar-refractivity contribution >= 4 is 28.4 Å². The number of fused-ring (bicyclic) bond motifs is 5. The Bertz CT molecular complexity index is 994. The van der Waals surface area contributed by atoms with E-state index >= 15 is 0 Å². The number of aromatic nitrogens is 1. The smallest absolute Gasteiger partial charge is 0.251 e. The van der Waals surface area contributed by atoms with Crippen LogP contribution in [-0.2, 0) is 6.42 Å². The van der Waals surface area contributed by atoms with Crippen LogP contribution in [0.1, 0.15) is 40.5 Å². The number of para-hydroxylation sites is 1. The van der Waals surface area contributed by atoms with Crippen LogP contribution in [0, 0.1) is 0 Å². The average Bonchev–Trinajstić information content (AvgIpc) is 3.08. The van der Waals surface area contributed by atoms with Crippen LogP contribution in [0.15, 0.2) is 48.5 Å². The third-order valence-corrected chi connectivity index (χ3v) is 6.24. The molecule has 2 N–H and O–H groups in total. The topological polar surface area (TPSA) is 48.1 Å². The molecule has 138 valence electrons. The molecule has 1 amide bonds. The van der Waals surface area contributed by atoms with Gasteiger partial charge >= 0.3 is 0 Å². The maximum atomic E-state index is 12.6. The molecule has 1 aromatic heterocycles. The first-order valence-corrected chi connectivity index (χ1v) is 9.97. The number of carbonyl (C=O) groups excluding carboxylic acids is 1. The second-order valence-corrected chi connectivity index (χ2v) is 8.00. The van der Waals surface area contributed by atoms with E-state index in [1.165, 1.54) is 22.2 Å². The van der Waals surface area contributed by atoms with E-state index in [2.05, 4.69) is 39.5 Å². The molecular weight excluding hydrogens is 358 g/mol. The number of halogens is 1. The number of hydrogen-bond acceptors (Lipinski definition) is 2. The van der Waals surface area contributed by atoms with Gasteiger partial charge in [0.1, 0.15) is 0 Å². The van der Waals surface area contributed by atoms with Gasteiger partial charge in [-0.1, -0.05) is 29.8 Å². The lowest BCUT2D eigenvalue weighted by molar-refractivity contribution is 0.0839. The van der Waals surface area contributed by atoms with Gasteiger partial charge in [0, 0.05) is 46.3 Å². The van der Waals surface area contributed by atoms with Crippen molar-refractivity contribution in [3.63, 3.8) is 0 Å². The Kier molecular flexibility index (Phi) is 4.18. The summed E-state index contributed by atoms with van der Waals surface area (Å²) in [7, 11) is 0. The molecule has 1 saturated heterocycles. The number of nitrogens with zero attached hydrogens (tertiary/aromatic N) is 1. The molecule has 4 nitrogen and oxygen atoms in total. The van der Waals surface area contributed by atoms with E-state index in [0.29, 0.717) is 16.6 Å². The second kappa shape index (κ2) is 6.70. The summed E-state index contributed by atoms with van der Waals surface area (Å²) in [4.78, 5) is 18.8. The predicted molar refractivity (Wildman–Crippen MR) is 108 cm³/mol. The Morgan fingerprint density at radius 1 is 1.11 bits per heavy atom. The standard InChI is InChI=1S/C22H22ClN3O/c23-15-7-5-14(6-8-15)22(27)24-16-9-11-26-12-10-18-17-3-1-2-4-19(17)25-21(18)20(26)13-16/h1-8,16,20,25H,9-13H2,(H,24,27)/t16-,20+/m1/s1. The number of carbonyl (C=O) groups is 1. The van der Waals surface area contributed by atoms with Crippen LogP contribution in [-0.4, -0.2) is 34.9 Å². The van der Waals surface area contributed by atoms with E-state index in [1.54, 1.807) is 24.3 Å². The summed E-state index contributed by atoms with van der Waals surface area (Å²) in [5.74, 6) is -0.0159. The monoisotopic (exact) mass is 379 g/mol. The van der Waals surface area contributed by atoms with Gasteiger partial charge in [0.15, 0.2) is 0 Å². The Balaban J connectivity index is 1.37. The molecule has 2 aliphatic heterocycles. The number of rotatable bonds is 2. The fourth-order valence-electron chi connectivity index (χ4n) is 4.61. The van der Waals surface area contributed by atoms with Crippen LogP contribution in [0.4, 0.5) is 0 Å². The number of amides is 1. The maximum absolute atomic E-state index is 12.6. The highest BCUT2D eigenvalue weighted by molar-refractivity contribution is 6.30. The fourth-order valence-corrected chi connectivity index (χ4v) is 4.74. The molecule has 2 aromatic carbocycles. The van der Waals surface area contributed by atoms with Crippen molar-refractivity contribution in [2.24, 2.45) is 0 Å². The number of hydrogen-bond donors (Lipinski definition) is 2. The lowest BCUT2D eigenvalue weighted by Crippen LogP contribution is -2.48. The first kappa shape index (κ1) is 16.8. The number of aromatic amines is 1. The Morgan fingerprint density at radius 3 is 2.78 bits per heavy atom. The van der Waals surface area contributed by atoms with Gasteiger partial charge in [0.05, 0.1) is 6.04 Å². The third-order valence-electron chi connectivity index (χ3n) is 5.98. The van der Waals surface area contributed by atoms with Gasteiger partial charge in [-0.05, 0) is 55.2 Å². The van der Waals surface area contributed by atoms with Crippen molar-refractivity contribution in [3.05, 3.63) is 70.4 Å². The number of H-pyrrole nitrogens is 1. The zero-order valence-electron chi connectivity index (χ0n) is 15.0. The first-order valence-electron chi connectivity index (χ1n) is 9.59. The van der Waals surface area contributed by atoms with Crippen molar-refractivity contribution in [2.45, 2.75) is 31.3 Å². The van der Waals surface area contributed by atoms with Gasteiger partial charge in [-0.3, -0.25) is 9.69 Å². The lowest BCUT2D eigenvalue weighted by atomic mass is 9.88. The van der Waals surface area contributed by atoms with Crippen LogP contribution in [0.25, 0.3) is 10.9 Å². The molecule has 3 aromatic rings. The number of benzene rings is 2. The number of nitrogens with one attached hydrogen (secondary N) is 2. The van der Waals surface area contributed by atoms with Crippen LogP contribution >= 0.6 is 11.6 Å². The SMILES string of the molecule is O=C(N[C@@H]1CCN2CCc3c([nH]c4ccccc34)[C@@H]2C1)c1ccc(Cl)cc1. The molecule has 5 rings (SSSR count). The molecule has 2 aliphatic rings. The van der Waals surface area contributed by atoms with Gasteiger partial charge < -0.3 is 10.3 Å². The fraction of sp³-hybridized carbons (Fsp3) is 0.318. The quantitative estimate of drug-likeness (QED) is 0.696. The lowest BCUT2D eigenvalue weighted by Gasteiger charge is -2.42. The zero-order chi connectivity index (χ0) is 18.4. The summed E-state index contributed by atoms with van der Waals surface area (Å²) in [5.41, 5.74) is 4.68. The van der Waals surface area contributed by atoms with E-state index in [4.69, 9.17) is 11.6 Å². The molecule has 27 heavy (non-hydrogen) atoms. The average molecular weight is 380 g/mol. The van der Waals surface area contributed by atoms with Gasteiger partial charge in [-0.15, -0.1) is 0 Å². The van der Waals surface area contributed by atoms with E-state index in [-0.39, 0.29) is 11.9 Å². The molecule has 0 saturated carbocycles. The van der Waals surface area contributed by atoms with Crippen molar-refractivity contribution in [1.82, 2.24) is 15.2 Å².